The first-order valence-electron chi connectivity index (χ1n) is 9.19. The molecule has 134 valence electrons. The molecule has 0 saturated heterocycles. The highest BCUT2D eigenvalue weighted by molar-refractivity contribution is 5.96. The molecule has 0 saturated carbocycles. The van der Waals surface area contributed by atoms with Gasteiger partial charge in [-0.25, -0.2) is 0 Å². The van der Waals surface area contributed by atoms with Crippen molar-refractivity contribution in [1.29, 1.82) is 5.26 Å². The Labute approximate surface area is 161 Å². The molecule has 0 aliphatic carbocycles. The highest BCUT2D eigenvalue weighted by Crippen LogP contribution is 2.36. The minimum absolute atomic E-state index is 0.0664. The van der Waals surface area contributed by atoms with Crippen LogP contribution in [-0.2, 0) is 0 Å². The normalized spacial score (nSPS) is 12.8. The van der Waals surface area contributed by atoms with Crippen LogP contribution >= 0.6 is 0 Å². The summed E-state index contributed by atoms with van der Waals surface area (Å²) >= 11 is 0. The van der Waals surface area contributed by atoms with Crippen LogP contribution in [0.3, 0.4) is 0 Å². The second-order valence-corrected chi connectivity index (χ2v) is 7.03. The van der Waals surface area contributed by atoms with E-state index in [-0.39, 0.29) is 17.6 Å². The second kappa shape index (κ2) is 8.47. The lowest BCUT2D eigenvalue weighted by molar-refractivity contribution is 0.0972. The Morgan fingerprint density at radius 1 is 0.815 bits per heavy atom. The van der Waals surface area contributed by atoms with Crippen LogP contribution < -0.4 is 0 Å². The minimum Gasteiger partial charge on any atom is -0.294 e. The van der Waals surface area contributed by atoms with E-state index >= 15 is 0 Å². The van der Waals surface area contributed by atoms with E-state index in [2.05, 4.69) is 6.07 Å². The molecule has 0 N–H and O–H groups in total. The zero-order valence-corrected chi connectivity index (χ0v) is 15.7. The molecule has 0 spiro atoms. The summed E-state index contributed by atoms with van der Waals surface area (Å²) in [7, 11) is 0. The molecule has 0 aliphatic rings. The summed E-state index contributed by atoms with van der Waals surface area (Å²) in [5, 5.41) is 9.92. The number of aryl methyl sites for hydroxylation is 2. The van der Waals surface area contributed by atoms with Gasteiger partial charge in [-0.3, -0.25) is 4.79 Å². The lowest BCUT2D eigenvalue weighted by Gasteiger charge is -2.23. The van der Waals surface area contributed by atoms with Gasteiger partial charge in [-0.1, -0.05) is 90.0 Å². The predicted octanol–water partition coefficient (Wildman–Crippen LogP) is 5.97. The van der Waals surface area contributed by atoms with Crippen molar-refractivity contribution in [1.82, 2.24) is 0 Å². The minimum atomic E-state index is -0.372. The van der Waals surface area contributed by atoms with E-state index in [1.165, 1.54) is 0 Å². The number of hydrogen-bond acceptors (Lipinski definition) is 2. The van der Waals surface area contributed by atoms with Gasteiger partial charge in [0.15, 0.2) is 5.78 Å². The first kappa shape index (κ1) is 18.6. The maximum Gasteiger partial charge on any atom is 0.163 e. The molecule has 3 rings (SSSR count). The molecule has 2 heteroatoms. The lowest BCUT2D eigenvalue weighted by Crippen LogP contribution is -2.15. The number of rotatable bonds is 6. The van der Waals surface area contributed by atoms with Gasteiger partial charge < -0.3 is 0 Å². The molecule has 27 heavy (non-hydrogen) atoms. The maximum absolute atomic E-state index is 12.9. The standard InChI is InChI=1S/C25H23NO/c1-18-8-12-21(13-9-18)23(24(17-26)20-6-4-3-5-7-20)16-25(27)22-14-10-19(2)11-15-22/h3-15,23-24H,16H2,1-2H3. The number of Topliss-reactive ketones (excluding diaryl/α,β-unsaturated/α-hetero) is 1. The van der Waals surface area contributed by atoms with Crippen molar-refractivity contribution < 1.29 is 4.79 Å². The topological polar surface area (TPSA) is 40.9 Å². The smallest absolute Gasteiger partial charge is 0.163 e. The molecule has 0 radical (unpaired) electrons. The number of ketones is 1. The van der Waals surface area contributed by atoms with Crippen LogP contribution in [-0.4, -0.2) is 5.78 Å². The van der Waals surface area contributed by atoms with Gasteiger partial charge in [-0.2, -0.15) is 5.26 Å². The molecular formula is C25H23NO. The Balaban J connectivity index is 1.96. The van der Waals surface area contributed by atoms with Crippen LogP contribution in [0.5, 0.6) is 0 Å². The zero-order valence-electron chi connectivity index (χ0n) is 15.7. The number of carbonyl (C=O) groups excluding carboxylic acids is 1. The van der Waals surface area contributed by atoms with Gasteiger partial charge in [0.25, 0.3) is 0 Å². The second-order valence-electron chi connectivity index (χ2n) is 7.03. The fourth-order valence-corrected chi connectivity index (χ4v) is 3.36. The van der Waals surface area contributed by atoms with Crippen molar-refractivity contribution in [3.05, 3.63) is 107 Å². The Kier molecular flexibility index (Phi) is 5.84. The summed E-state index contributed by atoms with van der Waals surface area (Å²) in [6.45, 7) is 4.04. The van der Waals surface area contributed by atoms with Crippen LogP contribution in [0.25, 0.3) is 0 Å². The quantitative estimate of drug-likeness (QED) is 0.512. The van der Waals surface area contributed by atoms with Gasteiger partial charge in [-0.05, 0) is 25.0 Å². The monoisotopic (exact) mass is 353 g/mol. The highest BCUT2D eigenvalue weighted by Gasteiger charge is 2.27. The van der Waals surface area contributed by atoms with Crippen LogP contribution in [0.2, 0.25) is 0 Å². The van der Waals surface area contributed by atoms with Crippen molar-refractivity contribution >= 4 is 5.78 Å². The lowest BCUT2D eigenvalue weighted by atomic mass is 9.78. The van der Waals surface area contributed by atoms with Gasteiger partial charge >= 0.3 is 0 Å². The average molecular weight is 353 g/mol. The summed E-state index contributed by atoms with van der Waals surface area (Å²) in [6.07, 6.45) is 0.305. The van der Waals surface area contributed by atoms with Crippen LogP contribution in [0.1, 0.15) is 50.9 Å². The van der Waals surface area contributed by atoms with Gasteiger partial charge in [0.2, 0.25) is 0 Å². The summed E-state index contributed by atoms with van der Waals surface area (Å²) in [5.41, 5.74) is 4.96. The van der Waals surface area contributed by atoms with E-state index in [0.717, 1.165) is 22.3 Å². The van der Waals surface area contributed by atoms with Crippen molar-refractivity contribution in [3.63, 3.8) is 0 Å². The Bertz CT molecular complexity index is 934. The molecule has 0 aromatic heterocycles. The average Bonchev–Trinajstić information content (AvgIpc) is 2.70. The van der Waals surface area contributed by atoms with E-state index < -0.39 is 0 Å². The molecule has 0 heterocycles. The summed E-state index contributed by atoms with van der Waals surface area (Å²) < 4.78 is 0. The molecular weight excluding hydrogens is 330 g/mol. The van der Waals surface area contributed by atoms with Crippen molar-refractivity contribution in [2.24, 2.45) is 0 Å². The van der Waals surface area contributed by atoms with E-state index in [1.807, 2.05) is 92.7 Å². The number of benzene rings is 3. The van der Waals surface area contributed by atoms with Gasteiger partial charge in [0.1, 0.15) is 0 Å². The van der Waals surface area contributed by atoms with Crippen LogP contribution in [0.4, 0.5) is 0 Å². The molecule has 2 nitrogen and oxygen atoms in total. The summed E-state index contributed by atoms with van der Waals surface area (Å²) in [5.74, 6) is -0.494. The SMILES string of the molecule is Cc1ccc(C(=O)CC(c2ccc(C)cc2)C(C#N)c2ccccc2)cc1. The Morgan fingerprint density at radius 2 is 1.37 bits per heavy atom. The molecule has 3 aromatic rings. The fraction of sp³-hybridized carbons (Fsp3) is 0.200. The largest absolute Gasteiger partial charge is 0.294 e. The number of carbonyl (C=O) groups is 1. The van der Waals surface area contributed by atoms with Crippen molar-refractivity contribution in [2.45, 2.75) is 32.1 Å². The maximum atomic E-state index is 12.9. The molecule has 2 unspecified atom stereocenters. The number of nitrogens with zero attached hydrogens (tertiary/aromatic N) is 1. The van der Waals surface area contributed by atoms with Gasteiger partial charge in [0.05, 0.1) is 12.0 Å². The molecule has 2 atom stereocenters. The predicted molar refractivity (Wildman–Crippen MR) is 109 cm³/mol. The Morgan fingerprint density at radius 3 is 1.93 bits per heavy atom. The van der Waals surface area contributed by atoms with Crippen LogP contribution in [0.15, 0.2) is 78.9 Å². The van der Waals surface area contributed by atoms with Crippen molar-refractivity contribution in [3.8, 4) is 6.07 Å². The summed E-state index contributed by atoms with van der Waals surface area (Å²) in [6, 6.07) is 28.0. The fourth-order valence-electron chi connectivity index (χ4n) is 3.36. The highest BCUT2D eigenvalue weighted by atomic mass is 16.1. The molecule has 0 fully saturated rings. The van der Waals surface area contributed by atoms with E-state index in [4.69, 9.17) is 0 Å². The third-order valence-corrected chi connectivity index (χ3v) is 4.98. The van der Waals surface area contributed by atoms with Crippen LogP contribution in [0, 0.1) is 25.2 Å². The zero-order chi connectivity index (χ0) is 19.2. The van der Waals surface area contributed by atoms with Gasteiger partial charge in [-0.15, -0.1) is 0 Å². The molecule has 3 aromatic carbocycles. The Hall–Kier alpha value is -3.18. The number of nitriles is 1. The third kappa shape index (κ3) is 4.51. The summed E-state index contributed by atoms with van der Waals surface area (Å²) in [4.78, 5) is 12.9. The molecule has 0 amide bonds. The first-order chi connectivity index (χ1) is 13.1. The van der Waals surface area contributed by atoms with E-state index in [1.54, 1.807) is 0 Å². The van der Waals surface area contributed by atoms with E-state index in [0.29, 0.717) is 12.0 Å². The van der Waals surface area contributed by atoms with E-state index in [9.17, 15) is 10.1 Å². The molecule has 0 aliphatic heterocycles. The third-order valence-electron chi connectivity index (χ3n) is 4.98. The van der Waals surface area contributed by atoms with Crippen molar-refractivity contribution in [2.75, 3.05) is 0 Å². The molecule has 0 bridgehead atoms. The van der Waals surface area contributed by atoms with Gasteiger partial charge in [0, 0.05) is 17.9 Å². The number of hydrogen-bond donors (Lipinski definition) is 0. The first-order valence-corrected chi connectivity index (χ1v) is 9.19.